The van der Waals surface area contributed by atoms with Crippen LogP contribution in [0.5, 0.6) is 0 Å². The summed E-state index contributed by atoms with van der Waals surface area (Å²) in [5, 5.41) is 3.11. The molecular formula is C12H16F3N. The average molecular weight is 231 g/mol. The molecule has 1 rings (SSSR count). The fourth-order valence-corrected chi connectivity index (χ4v) is 1.39. The number of benzene rings is 1. The van der Waals surface area contributed by atoms with Crippen LogP contribution in [0.4, 0.5) is 13.2 Å². The highest BCUT2D eigenvalue weighted by Gasteiger charge is 2.30. The fourth-order valence-electron chi connectivity index (χ4n) is 1.39. The van der Waals surface area contributed by atoms with Crippen LogP contribution in [-0.4, -0.2) is 6.54 Å². The normalized spacial score (nSPS) is 11.8. The summed E-state index contributed by atoms with van der Waals surface area (Å²) in [7, 11) is 0. The highest BCUT2D eigenvalue weighted by molar-refractivity contribution is 5.25. The Labute approximate surface area is 93.7 Å². The van der Waals surface area contributed by atoms with Crippen molar-refractivity contribution < 1.29 is 13.2 Å². The number of nitrogens with one attached hydrogen (secondary N) is 1. The van der Waals surface area contributed by atoms with Crippen molar-refractivity contribution in [3.05, 3.63) is 35.4 Å². The van der Waals surface area contributed by atoms with Crippen LogP contribution < -0.4 is 5.32 Å². The molecule has 0 atom stereocenters. The molecule has 0 radical (unpaired) electrons. The van der Waals surface area contributed by atoms with Crippen LogP contribution in [0.15, 0.2) is 24.3 Å². The van der Waals surface area contributed by atoms with Crippen LogP contribution in [0.25, 0.3) is 0 Å². The number of hydrogen-bond donors (Lipinski definition) is 1. The number of hydrogen-bond acceptors (Lipinski definition) is 1. The molecule has 0 saturated heterocycles. The van der Waals surface area contributed by atoms with E-state index in [0.29, 0.717) is 12.1 Å². The molecule has 90 valence electrons. The smallest absolute Gasteiger partial charge is 0.313 e. The molecule has 0 bridgehead atoms. The predicted octanol–water partition coefficient (Wildman–Crippen LogP) is 3.60. The monoisotopic (exact) mass is 231 g/mol. The second-order valence-corrected chi connectivity index (χ2v) is 3.73. The lowest BCUT2D eigenvalue weighted by Gasteiger charge is -2.09. The first-order valence-electron chi connectivity index (χ1n) is 5.41. The molecule has 0 fully saturated rings. The van der Waals surface area contributed by atoms with Gasteiger partial charge in [0.05, 0.1) is 5.56 Å². The van der Waals surface area contributed by atoms with Crippen LogP contribution in [0, 0.1) is 0 Å². The van der Waals surface area contributed by atoms with Crippen molar-refractivity contribution in [3.8, 4) is 0 Å². The predicted molar refractivity (Wildman–Crippen MR) is 58.1 cm³/mol. The molecule has 0 heterocycles. The third-order valence-corrected chi connectivity index (χ3v) is 2.29. The van der Waals surface area contributed by atoms with Gasteiger partial charge in [0, 0.05) is 6.54 Å². The number of unbranched alkanes of at least 4 members (excludes halogenated alkanes) is 1. The van der Waals surface area contributed by atoms with E-state index < -0.39 is 11.7 Å². The van der Waals surface area contributed by atoms with Gasteiger partial charge >= 0.3 is 6.18 Å². The van der Waals surface area contributed by atoms with Gasteiger partial charge < -0.3 is 5.32 Å². The van der Waals surface area contributed by atoms with Crippen LogP contribution >= 0.6 is 0 Å². The zero-order valence-electron chi connectivity index (χ0n) is 9.27. The zero-order valence-corrected chi connectivity index (χ0v) is 9.27. The van der Waals surface area contributed by atoms with E-state index in [1.807, 2.05) is 0 Å². The third-order valence-electron chi connectivity index (χ3n) is 2.29. The molecule has 16 heavy (non-hydrogen) atoms. The van der Waals surface area contributed by atoms with Crippen LogP contribution in [0.1, 0.15) is 30.9 Å². The minimum Gasteiger partial charge on any atom is -0.313 e. The van der Waals surface area contributed by atoms with Gasteiger partial charge in [-0.15, -0.1) is 0 Å². The number of halogens is 3. The Balaban J connectivity index is 2.54. The first kappa shape index (κ1) is 13.0. The Kier molecular flexibility index (Phi) is 4.80. The van der Waals surface area contributed by atoms with E-state index in [0.717, 1.165) is 25.5 Å². The second kappa shape index (κ2) is 5.89. The first-order chi connectivity index (χ1) is 7.54. The van der Waals surface area contributed by atoms with Crippen LogP contribution in [0.2, 0.25) is 0 Å². The molecule has 0 saturated carbocycles. The van der Waals surface area contributed by atoms with E-state index in [9.17, 15) is 13.2 Å². The molecular weight excluding hydrogens is 215 g/mol. The van der Waals surface area contributed by atoms with Gasteiger partial charge in [-0.3, -0.25) is 0 Å². The number of rotatable bonds is 5. The maximum Gasteiger partial charge on any atom is 0.416 e. The third kappa shape index (κ3) is 4.23. The molecule has 1 N–H and O–H groups in total. The zero-order chi connectivity index (χ0) is 12.0. The molecule has 0 aliphatic heterocycles. The molecule has 0 aromatic heterocycles. The lowest BCUT2D eigenvalue weighted by atomic mass is 10.1. The summed E-state index contributed by atoms with van der Waals surface area (Å²) < 4.78 is 37.2. The topological polar surface area (TPSA) is 12.0 Å². The molecule has 0 amide bonds. The number of alkyl halides is 3. The maximum absolute atomic E-state index is 12.4. The van der Waals surface area contributed by atoms with E-state index in [-0.39, 0.29) is 0 Å². The summed E-state index contributed by atoms with van der Waals surface area (Å²) in [6.45, 7) is 3.41. The lowest BCUT2D eigenvalue weighted by Crippen LogP contribution is -2.15. The molecule has 1 aromatic carbocycles. The van der Waals surface area contributed by atoms with Gasteiger partial charge in [-0.25, -0.2) is 0 Å². The van der Waals surface area contributed by atoms with Crippen LogP contribution in [0.3, 0.4) is 0 Å². The summed E-state index contributed by atoms with van der Waals surface area (Å²) in [4.78, 5) is 0. The quantitative estimate of drug-likeness (QED) is 0.763. The van der Waals surface area contributed by atoms with Gasteiger partial charge in [-0.2, -0.15) is 13.2 Å². The van der Waals surface area contributed by atoms with E-state index >= 15 is 0 Å². The Bertz CT molecular complexity index is 320. The Hall–Kier alpha value is -1.03. The van der Waals surface area contributed by atoms with Crippen molar-refractivity contribution in [2.75, 3.05) is 6.54 Å². The molecule has 0 aliphatic rings. The van der Waals surface area contributed by atoms with Crippen molar-refractivity contribution >= 4 is 0 Å². The second-order valence-electron chi connectivity index (χ2n) is 3.73. The van der Waals surface area contributed by atoms with E-state index in [1.54, 1.807) is 6.07 Å². The van der Waals surface area contributed by atoms with Gasteiger partial charge in [-0.1, -0.05) is 31.5 Å². The van der Waals surface area contributed by atoms with Gasteiger partial charge in [0.1, 0.15) is 0 Å². The highest BCUT2D eigenvalue weighted by Crippen LogP contribution is 2.29. The minimum atomic E-state index is -4.25. The minimum absolute atomic E-state index is 0.490. The van der Waals surface area contributed by atoms with Gasteiger partial charge in [0.25, 0.3) is 0 Å². The SMILES string of the molecule is CCCCNCc1cccc(C(F)(F)F)c1. The van der Waals surface area contributed by atoms with Gasteiger partial charge in [-0.05, 0) is 24.6 Å². The lowest BCUT2D eigenvalue weighted by molar-refractivity contribution is -0.137. The van der Waals surface area contributed by atoms with E-state index in [4.69, 9.17) is 0 Å². The average Bonchev–Trinajstić information content (AvgIpc) is 2.24. The van der Waals surface area contributed by atoms with Crippen LogP contribution in [-0.2, 0) is 12.7 Å². The highest BCUT2D eigenvalue weighted by atomic mass is 19.4. The Morgan fingerprint density at radius 3 is 2.62 bits per heavy atom. The maximum atomic E-state index is 12.4. The Morgan fingerprint density at radius 2 is 2.00 bits per heavy atom. The Morgan fingerprint density at radius 1 is 1.25 bits per heavy atom. The van der Waals surface area contributed by atoms with E-state index in [1.165, 1.54) is 12.1 Å². The molecule has 4 heteroatoms. The van der Waals surface area contributed by atoms with Crippen molar-refractivity contribution in [1.29, 1.82) is 0 Å². The van der Waals surface area contributed by atoms with Crippen molar-refractivity contribution in [2.45, 2.75) is 32.5 Å². The summed E-state index contributed by atoms with van der Waals surface area (Å²) in [6.07, 6.45) is -2.13. The van der Waals surface area contributed by atoms with E-state index in [2.05, 4.69) is 12.2 Å². The fraction of sp³-hybridized carbons (Fsp3) is 0.500. The van der Waals surface area contributed by atoms with Crippen molar-refractivity contribution in [1.82, 2.24) is 5.32 Å². The van der Waals surface area contributed by atoms with Crippen molar-refractivity contribution in [3.63, 3.8) is 0 Å². The summed E-state index contributed by atoms with van der Waals surface area (Å²) in [5.41, 5.74) is 0.0909. The van der Waals surface area contributed by atoms with Gasteiger partial charge in [0.2, 0.25) is 0 Å². The molecule has 1 aromatic rings. The largest absolute Gasteiger partial charge is 0.416 e. The summed E-state index contributed by atoms with van der Waals surface area (Å²) in [6, 6.07) is 5.43. The van der Waals surface area contributed by atoms with Crippen molar-refractivity contribution in [2.24, 2.45) is 0 Å². The van der Waals surface area contributed by atoms with Gasteiger partial charge in [0.15, 0.2) is 0 Å². The first-order valence-corrected chi connectivity index (χ1v) is 5.41. The summed E-state index contributed by atoms with van der Waals surface area (Å²) >= 11 is 0. The summed E-state index contributed by atoms with van der Waals surface area (Å²) in [5.74, 6) is 0. The standard InChI is InChI=1S/C12H16F3N/c1-2-3-7-16-9-10-5-4-6-11(8-10)12(13,14)15/h4-6,8,16H,2-3,7,9H2,1H3. The molecule has 0 aliphatic carbocycles. The molecule has 1 nitrogen and oxygen atoms in total. The molecule has 0 unspecified atom stereocenters. The molecule has 0 spiro atoms.